The van der Waals surface area contributed by atoms with Gasteiger partial charge in [-0.15, -0.1) is 6.58 Å². The van der Waals surface area contributed by atoms with Crippen LogP contribution in [0.2, 0.25) is 0 Å². The van der Waals surface area contributed by atoms with Crippen LogP contribution in [-0.2, 0) is 0 Å². The van der Waals surface area contributed by atoms with Crippen molar-refractivity contribution in [3.63, 3.8) is 0 Å². The first-order valence-electron chi connectivity index (χ1n) is 5.07. The molecule has 0 N–H and O–H groups in total. The first-order valence-corrected chi connectivity index (χ1v) is 5.07. The Kier molecular flexibility index (Phi) is 8.20. The van der Waals surface area contributed by atoms with E-state index in [1.807, 2.05) is 6.08 Å². The van der Waals surface area contributed by atoms with E-state index < -0.39 is 0 Å². The van der Waals surface area contributed by atoms with Gasteiger partial charge in [-0.25, -0.2) is 0 Å². The summed E-state index contributed by atoms with van der Waals surface area (Å²) in [6, 6.07) is 0. The fourth-order valence-corrected chi connectivity index (χ4v) is 1.10. The Balaban J connectivity index is 3.15. The van der Waals surface area contributed by atoms with Gasteiger partial charge in [-0.2, -0.15) is 0 Å². The van der Waals surface area contributed by atoms with E-state index in [2.05, 4.69) is 26.5 Å². The van der Waals surface area contributed by atoms with Crippen LogP contribution in [0.15, 0.2) is 24.3 Å². The Labute approximate surface area is 77.4 Å². The Morgan fingerprint density at radius 3 is 2.42 bits per heavy atom. The fraction of sp³-hybridized carbons (Fsp3) is 0.667. The molecule has 0 aliphatic heterocycles. The van der Waals surface area contributed by atoms with Crippen LogP contribution in [0.3, 0.4) is 0 Å². The van der Waals surface area contributed by atoms with Crippen LogP contribution in [0.4, 0.5) is 0 Å². The van der Waals surface area contributed by atoms with Gasteiger partial charge in [-0.05, 0) is 39.0 Å². The molecule has 0 aromatic heterocycles. The Bertz CT molecular complexity index is 131. The second-order valence-corrected chi connectivity index (χ2v) is 3.33. The first-order chi connectivity index (χ1) is 5.81. The number of hydrogen-bond acceptors (Lipinski definition) is 0. The van der Waals surface area contributed by atoms with E-state index in [-0.39, 0.29) is 0 Å². The summed E-state index contributed by atoms with van der Waals surface area (Å²) < 4.78 is 0. The van der Waals surface area contributed by atoms with Gasteiger partial charge in [-0.1, -0.05) is 31.1 Å². The summed E-state index contributed by atoms with van der Waals surface area (Å²) >= 11 is 0. The lowest BCUT2D eigenvalue weighted by atomic mass is 10.1. The minimum atomic E-state index is 1.18. The summed E-state index contributed by atoms with van der Waals surface area (Å²) in [7, 11) is 0. The molecule has 0 aliphatic rings. The van der Waals surface area contributed by atoms with E-state index in [4.69, 9.17) is 0 Å². The van der Waals surface area contributed by atoms with Crippen LogP contribution >= 0.6 is 0 Å². The Morgan fingerprint density at radius 1 is 1.17 bits per heavy atom. The maximum absolute atomic E-state index is 3.71. The lowest BCUT2D eigenvalue weighted by Crippen LogP contribution is -1.76. The van der Waals surface area contributed by atoms with Crippen LogP contribution < -0.4 is 0 Å². The monoisotopic (exact) mass is 166 g/mol. The molecule has 12 heavy (non-hydrogen) atoms. The average Bonchev–Trinajstić information content (AvgIpc) is 2.10. The molecule has 0 nitrogen and oxygen atoms in total. The molecule has 0 bridgehead atoms. The average molecular weight is 166 g/mol. The van der Waals surface area contributed by atoms with Crippen molar-refractivity contribution >= 4 is 0 Å². The third kappa shape index (κ3) is 7.59. The highest BCUT2D eigenvalue weighted by Gasteiger charge is 1.86. The molecular weight excluding hydrogens is 144 g/mol. The standard InChI is InChI=1S/C12H22/c1-4-6-7-8-9-10-11-12(3)5-2/h4,11H,1,5-10H2,2-3H3/b12-11+. The number of rotatable bonds is 7. The van der Waals surface area contributed by atoms with Gasteiger partial charge in [0.05, 0.1) is 0 Å². The van der Waals surface area contributed by atoms with Crippen molar-refractivity contribution in [2.45, 2.75) is 52.4 Å². The molecule has 0 fully saturated rings. The Hall–Kier alpha value is -0.520. The molecular formula is C12H22. The molecule has 0 heterocycles. The molecule has 0 atom stereocenters. The van der Waals surface area contributed by atoms with Gasteiger partial charge >= 0.3 is 0 Å². The maximum Gasteiger partial charge on any atom is -0.0348 e. The molecule has 0 amide bonds. The summed E-state index contributed by atoms with van der Waals surface area (Å²) in [5.74, 6) is 0. The molecule has 0 saturated heterocycles. The van der Waals surface area contributed by atoms with Gasteiger partial charge in [-0.3, -0.25) is 0 Å². The number of hydrogen-bond donors (Lipinski definition) is 0. The molecule has 0 aromatic rings. The maximum atomic E-state index is 3.71. The summed E-state index contributed by atoms with van der Waals surface area (Å²) in [6.45, 7) is 8.13. The van der Waals surface area contributed by atoms with E-state index >= 15 is 0 Å². The predicted molar refractivity (Wildman–Crippen MR) is 57.3 cm³/mol. The minimum Gasteiger partial charge on any atom is -0.103 e. The molecule has 0 heteroatoms. The zero-order valence-electron chi connectivity index (χ0n) is 8.60. The summed E-state index contributed by atoms with van der Waals surface area (Å²) in [5, 5.41) is 0. The van der Waals surface area contributed by atoms with Gasteiger partial charge in [0.15, 0.2) is 0 Å². The van der Waals surface area contributed by atoms with Crippen molar-refractivity contribution < 1.29 is 0 Å². The highest BCUT2D eigenvalue weighted by atomic mass is 13.9. The predicted octanol–water partition coefficient (Wildman–Crippen LogP) is 4.48. The summed E-state index contributed by atoms with van der Waals surface area (Å²) in [5.41, 5.74) is 1.53. The second kappa shape index (κ2) is 8.58. The quantitative estimate of drug-likeness (QED) is 0.386. The van der Waals surface area contributed by atoms with Crippen molar-refractivity contribution in [1.82, 2.24) is 0 Å². The van der Waals surface area contributed by atoms with E-state index in [1.54, 1.807) is 0 Å². The lowest BCUT2D eigenvalue weighted by molar-refractivity contribution is 0.694. The van der Waals surface area contributed by atoms with Crippen molar-refractivity contribution in [2.24, 2.45) is 0 Å². The highest BCUT2D eigenvalue weighted by molar-refractivity contribution is 4.96. The molecule has 0 aliphatic carbocycles. The minimum absolute atomic E-state index is 1.18. The summed E-state index contributed by atoms with van der Waals surface area (Å²) in [4.78, 5) is 0. The smallest absolute Gasteiger partial charge is 0.0348 e. The normalized spacial score (nSPS) is 11.7. The zero-order chi connectivity index (χ0) is 9.23. The van der Waals surface area contributed by atoms with E-state index in [0.717, 1.165) is 0 Å². The molecule has 0 unspecified atom stereocenters. The second-order valence-electron chi connectivity index (χ2n) is 3.33. The van der Waals surface area contributed by atoms with Crippen LogP contribution in [0.5, 0.6) is 0 Å². The van der Waals surface area contributed by atoms with Crippen LogP contribution in [0.1, 0.15) is 52.4 Å². The van der Waals surface area contributed by atoms with Gasteiger partial charge < -0.3 is 0 Å². The third-order valence-corrected chi connectivity index (χ3v) is 2.16. The number of allylic oxidation sites excluding steroid dienone is 3. The van der Waals surface area contributed by atoms with E-state index in [0.29, 0.717) is 0 Å². The van der Waals surface area contributed by atoms with Gasteiger partial charge in [0, 0.05) is 0 Å². The zero-order valence-corrected chi connectivity index (χ0v) is 8.60. The van der Waals surface area contributed by atoms with Crippen molar-refractivity contribution in [1.29, 1.82) is 0 Å². The van der Waals surface area contributed by atoms with Crippen LogP contribution in [0, 0.1) is 0 Å². The van der Waals surface area contributed by atoms with Gasteiger partial charge in [0.1, 0.15) is 0 Å². The SMILES string of the molecule is C=CCCCCC/C=C(\C)CC. The first kappa shape index (κ1) is 11.5. The molecule has 0 saturated carbocycles. The summed E-state index contributed by atoms with van der Waals surface area (Å²) in [6.07, 6.45) is 12.0. The van der Waals surface area contributed by atoms with Crippen molar-refractivity contribution in [3.05, 3.63) is 24.3 Å². The highest BCUT2D eigenvalue weighted by Crippen LogP contribution is 2.07. The van der Waals surface area contributed by atoms with E-state index in [9.17, 15) is 0 Å². The van der Waals surface area contributed by atoms with Gasteiger partial charge in [0.25, 0.3) is 0 Å². The molecule has 70 valence electrons. The lowest BCUT2D eigenvalue weighted by Gasteiger charge is -1.97. The molecule has 0 aromatic carbocycles. The number of unbranched alkanes of at least 4 members (excludes halogenated alkanes) is 4. The molecule has 0 rings (SSSR count). The van der Waals surface area contributed by atoms with Crippen LogP contribution in [0.25, 0.3) is 0 Å². The molecule has 0 spiro atoms. The fourth-order valence-electron chi connectivity index (χ4n) is 1.10. The van der Waals surface area contributed by atoms with E-state index in [1.165, 1.54) is 44.1 Å². The van der Waals surface area contributed by atoms with Crippen LogP contribution in [-0.4, -0.2) is 0 Å². The largest absolute Gasteiger partial charge is 0.103 e. The Morgan fingerprint density at radius 2 is 1.83 bits per heavy atom. The van der Waals surface area contributed by atoms with Crippen molar-refractivity contribution in [3.8, 4) is 0 Å². The van der Waals surface area contributed by atoms with Gasteiger partial charge in [0.2, 0.25) is 0 Å². The van der Waals surface area contributed by atoms with Crippen molar-refractivity contribution in [2.75, 3.05) is 0 Å². The molecule has 0 radical (unpaired) electrons. The third-order valence-electron chi connectivity index (χ3n) is 2.16. The topological polar surface area (TPSA) is 0 Å².